The topological polar surface area (TPSA) is 104 Å². The molecule has 2 heterocycles. The molecule has 3 aromatic carbocycles. The van der Waals surface area contributed by atoms with Crippen LogP contribution in [0.4, 0.5) is 0 Å². The van der Waals surface area contributed by atoms with Crippen LogP contribution in [0.2, 0.25) is 0 Å². The predicted molar refractivity (Wildman–Crippen MR) is 146 cm³/mol. The van der Waals surface area contributed by atoms with Crippen LogP contribution < -0.4 is 9.46 Å². The predicted octanol–water partition coefficient (Wildman–Crippen LogP) is 5.02. The highest BCUT2D eigenvalue weighted by atomic mass is 79.9. The van der Waals surface area contributed by atoms with Crippen LogP contribution in [0.5, 0.6) is 5.75 Å². The summed E-state index contributed by atoms with van der Waals surface area (Å²) in [5.41, 5.74) is 5.23. The maximum atomic E-state index is 13.5. The molecule has 0 spiro atoms. The third-order valence-electron chi connectivity index (χ3n) is 6.13. The van der Waals surface area contributed by atoms with E-state index in [0.717, 1.165) is 39.3 Å². The number of hydrogen-bond donors (Lipinski definition) is 2. The van der Waals surface area contributed by atoms with Crippen LogP contribution in [0.15, 0.2) is 64.0 Å². The summed E-state index contributed by atoms with van der Waals surface area (Å²) in [5.74, 6) is 1.41. The van der Waals surface area contributed by atoms with Crippen molar-refractivity contribution in [3.05, 3.63) is 76.0 Å². The molecule has 0 radical (unpaired) electrons. The molecule has 1 amide bonds. The summed E-state index contributed by atoms with van der Waals surface area (Å²) in [4.78, 5) is 23.1. The fourth-order valence-electron chi connectivity index (χ4n) is 4.45. The van der Waals surface area contributed by atoms with Crippen LogP contribution in [-0.2, 0) is 16.6 Å². The number of carbonyl (C=O) groups excluding carboxylic acids is 1. The van der Waals surface area contributed by atoms with Crippen molar-refractivity contribution in [1.82, 2.24) is 19.6 Å². The number of aromatic nitrogens is 2. The maximum Gasteiger partial charge on any atom is 0.255 e. The number of hydrogen-bond acceptors (Lipinski definition) is 5. The number of nitrogens with zero attached hydrogens (tertiary/aromatic N) is 2. The van der Waals surface area contributed by atoms with Crippen LogP contribution >= 0.6 is 15.9 Å². The van der Waals surface area contributed by atoms with Crippen LogP contribution in [0, 0.1) is 6.92 Å². The molecule has 37 heavy (non-hydrogen) atoms. The number of nitrogens with one attached hydrogen (secondary N) is 2. The first-order chi connectivity index (χ1) is 17.6. The van der Waals surface area contributed by atoms with Crippen LogP contribution in [0.3, 0.4) is 0 Å². The second kappa shape index (κ2) is 9.92. The van der Waals surface area contributed by atoms with Crippen LogP contribution in [0.25, 0.3) is 22.2 Å². The molecule has 1 aliphatic heterocycles. The van der Waals surface area contributed by atoms with Crippen molar-refractivity contribution < 1.29 is 17.9 Å². The standard InChI is InChI=1S/C27H27BrN4O4S/c1-16(2)31-37(34,35)21-6-7-22(23(28)14-21)27(33)32-10-11-36-26-9-5-18(12-20(26)15-32)19-4-8-24-25(13-19)30-17(3)29-24/h4-9,12-14,16,31H,10-11,15H2,1-3H3,(H,29,30). The van der Waals surface area contributed by atoms with E-state index in [1.807, 2.05) is 37.3 Å². The van der Waals surface area contributed by atoms with Gasteiger partial charge in [0.1, 0.15) is 18.2 Å². The van der Waals surface area contributed by atoms with E-state index in [2.05, 4.69) is 36.7 Å². The maximum absolute atomic E-state index is 13.5. The summed E-state index contributed by atoms with van der Waals surface area (Å²) in [7, 11) is -3.67. The van der Waals surface area contributed by atoms with Gasteiger partial charge in [0.05, 0.1) is 28.0 Å². The molecule has 1 aromatic heterocycles. The lowest BCUT2D eigenvalue weighted by Gasteiger charge is -2.21. The van der Waals surface area contributed by atoms with Gasteiger partial charge in [-0.2, -0.15) is 0 Å². The Bertz CT molecular complexity index is 1610. The zero-order chi connectivity index (χ0) is 26.3. The number of carbonyl (C=O) groups is 1. The van der Waals surface area contributed by atoms with Gasteiger partial charge in [-0.15, -0.1) is 0 Å². The van der Waals surface area contributed by atoms with Gasteiger partial charge >= 0.3 is 0 Å². The number of fused-ring (bicyclic) bond motifs is 2. The highest BCUT2D eigenvalue weighted by Gasteiger charge is 2.25. The Balaban J connectivity index is 1.41. The van der Waals surface area contributed by atoms with Crippen molar-refractivity contribution in [2.24, 2.45) is 0 Å². The van der Waals surface area contributed by atoms with Gasteiger partial charge in [-0.1, -0.05) is 12.1 Å². The number of amides is 1. The Hall–Kier alpha value is -3.21. The van der Waals surface area contributed by atoms with Crippen LogP contribution in [0.1, 0.15) is 35.6 Å². The van der Waals surface area contributed by atoms with Gasteiger partial charge in [-0.3, -0.25) is 4.79 Å². The van der Waals surface area contributed by atoms with E-state index in [9.17, 15) is 13.2 Å². The Morgan fingerprint density at radius 3 is 2.62 bits per heavy atom. The van der Waals surface area contributed by atoms with Gasteiger partial charge in [0.15, 0.2) is 0 Å². The number of sulfonamides is 1. The summed E-state index contributed by atoms with van der Waals surface area (Å²) in [6.45, 7) is 6.58. The van der Waals surface area contributed by atoms with E-state index in [4.69, 9.17) is 4.74 Å². The third kappa shape index (κ3) is 5.27. The van der Waals surface area contributed by atoms with E-state index < -0.39 is 10.0 Å². The number of aryl methyl sites for hydroxylation is 1. The first kappa shape index (κ1) is 25.4. The van der Waals surface area contributed by atoms with E-state index in [1.165, 1.54) is 12.1 Å². The molecule has 0 saturated heterocycles. The molecule has 0 bridgehead atoms. The number of ether oxygens (including phenoxy) is 1. The van der Waals surface area contributed by atoms with Crippen LogP contribution in [-0.4, -0.2) is 48.4 Å². The van der Waals surface area contributed by atoms with Crippen molar-refractivity contribution in [3.8, 4) is 16.9 Å². The summed E-state index contributed by atoms with van der Waals surface area (Å²) < 4.78 is 34.0. The number of rotatable bonds is 5. The normalized spacial score (nSPS) is 13.9. The van der Waals surface area contributed by atoms with Gasteiger partial charge in [0.2, 0.25) is 10.0 Å². The molecule has 8 nitrogen and oxygen atoms in total. The Labute approximate surface area is 224 Å². The SMILES string of the molecule is Cc1nc2ccc(-c3ccc4c(c3)CN(C(=O)c3ccc(S(=O)(=O)NC(C)C)cc3Br)CCO4)cc2[nH]1. The third-order valence-corrected chi connectivity index (χ3v) is 8.45. The Morgan fingerprint density at radius 2 is 1.86 bits per heavy atom. The zero-order valence-corrected chi connectivity index (χ0v) is 23.1. The van der Waals surface area contributed by atoms with Gasteiger partial charge in [0.25, 0.3) is 5.91 Å². The molecule has 0 atom stereocenters. The lowest BCUT2D eigenvalue weighted by atomic mass is 10.0. The fraction of sp³-hybridized carbons (Fsp3) is 0.259. The first-order valence-electron chi connectivity index (χ1n) is 11.9. The van der Waals surface area contributed by atoms with E-state index in [1.54, 1.807) is 24.8 Å². The van der Waals surface area contributed by atoms with E-state index >= 15 is 0 Å². The number of H-pyrrole nitrogens is 1. The summed E-state index contributed by atoms with van der Waals surface area (Å²) in [6.07, 6.45) is 0. The summed E-state index contributed by atoms with van der Waals surface area (Å²) in [6, 6.07) is 16.3. The molecule has 0 unspecified atom stereocenters. The van der Waals surface area contributed by atoms with Gasteiger partial charge in [-0.05, 0) is 90.3 Å². The summed E-state index contributed by atoms with van der Waals surface area (Å²) >= 11 is 3.41. The minimum Gasteiger partial charge on any atom is -0.491 e. The quantitative estimate of drug-likeness (QED) is 0.343. The molecular weight excluding hydrogens is 556 g/mol. The van der Waals surface area contributed by atoms with Gasteiger partial charge in [0, 0.05) is 22.6 Å². The second-order valence-electron chi connectivity index (χ2n) is 9.37. The fourth-order valence-corrected chi connectivity index (χ4v) is 6.43. The van der Waals surface area contributed by atoms with Crippen molar-refractivity contribution in [2.75, 3.05) is 13.2 Å². The number of halogens is 1. The molecule has 5 rings (SSSR count). The average Bonchev–Trinajstić information content (AvgIpc) is 3.08. The molecule has 0 aliphatic carbocycles. The van der Waals surface area contributed by atoms with Crippen molar-refractivity contribution in [1.29, 1.82) is 0 Å². The van der Waals surface area contributed by atoms with E-state index in [0.29, 0.717) is 29.7 Å². The molecule has 2 N–H and O–H groups in total. The lowest BCUT2D eigenvalue weighted by Crippen LogP contribution is -2.33. The Kier molecular flexibility index (Phi) is 6.82. The molecule has 1 aliphatic rings. The molecule has 0 fully saturated rings. The van der Waals surface area contributed by atoms with Crippen molar-refractivity contribution >= 4 is 42.9 Å². The van der Waals surface area contributed by atoms with Gasteiger partial charge < -0.3 is 14.6 Å². The summed E-state index contributed by atoms with van der Waals surface area (Å²) in [5, 5.41) is 0. The highest BCUT2D eigenvalue weighted by molar-refractivity contribution is 9.10. The zero-order valence-electron chi connectivity index (χ0n) is 20.7. The molecule has 4 aromatic rings. The average molecular weight is 584 g/mol. The monoisotopic (exact) mass is 582 g/mol. The minimum atomic E-state index is -3.67. The number of imidazole rings is 1. The molecule has 0 saturated carbocycles. The largest absolute Gasteiger partial charge is 0.491 e. The van der Waals surface area contributed by atoms with Crippen molar-refractivity contribution in [3.63, 3.8) is 0 Å². The number of aromatic amines is 1. The lowest BCUT2D eigenvalue weighted by molar-refractivity contribution is 0.0732. The minimum absolute atomic E-state index is 0.100. The van der Waals surface area contributed by atoms with E-state index in [-0.39, 0.29) is 16.8 Å². The van der Waals surface area contributed by atoms with Gasteiger partial charge in [-0.25, -0.2) is 18.1 Å². The van der Waals surface area contributed by atoms with Crippen molar-refractivity contribution in [2.45, 2.75) is 38.3 Å². The highest BCUT2D eigenvalue weighted by Crippen LogP contribution is 2.32. The molecular formula is C27H27BrN4O4S. The molecule has 192 valence electrons. The smallest absolute Gasteiger partial charge is 0.255 e. The number of benzene rings is 3. The first-order valence-corrected chi connectivity index (χ1v) is 14.2. The Morgan fingerprint density at radius 1 is 1.11 bits per heavy atom. The molecule has 10 heteroatoms. The second-order valence-corrected chi connectivity index (χ2v) is 11.9.